The molecule has 1 atom stereocenters. The first-order chi connectivity index (χ1) is 7.75. The molecule has 0 N–H and O–H groups in total. The quantitative estimate of drug-likeness (QED) is 0.777. The van der Waals surface area contributed by atoms with Gasteiger partial charge in [-0.1, -0.05) is 12.1 Å². The minimum atomic E-state index is -0.00514. The van der Waals surface area contributed by atoms with Crippen molar-refractivity contribution in [3.8, 4) is 0 Å². The Balaban J connectivity index is 1.88. The fraction of sp³-hybridized carbons (Fsp3) is 0.571. The summed E-state index contributed by atoms with van der Waals surface area (Å²) in [5.74, 6) is 0. The van der Waals surface area contributed by atoms with E-state index in [1.807, 2.05) is 0 Å². The van der Waals surface area contributed by atoms with Gasteiger partial charge in [-0.25, -0.2) is 0 Å². The third-order valence-electron chi connectivity index (χ3n) is 2.96. The lowest BCUT2D eigenvalue weighted by molar-refractivity contribution is -0.169. The minimum Gasteiger partial charge on any atom is -0.353 e. The first-order valence-electron chi connectivity index (χ1n) is 5.97. The average Bonchev–Trinajstić information content (AvgIpc) is 2.29. The van der Waals surface area contributed by atoms with Crippen molar-refractivity contribution < 1.29 is 9.47 Å². The normalized spacial score (nSPS) is 21.0. The van der Waals surface area contributed by atoms with Crippen LogP contribution in [-0.2, 0) is 16.1 Å². The molecule has 1 fully saturated rings. The maximum Gasteiger partial charge on any atom is 0.158 e. The third kappa shape index (κ3) is 3.06. The summed E-state index contributed by atoms with van der Waals surface area (Å²) in [5.41, 5.74) is 3.56. The summed E-state index contributed by atoms with van der Waals surface area (Å²) in [6.07, 6.45) is 3.39. The molecule has 87 valence electrons. The molecule has 0 spiro atoms. The minimum absolute atomic E-state index is 0.00514. The Bertz CT molecular complexity index is 341. The number of rotatable bonds is 3. The van der Waals surface area contributed by atoms with E-state index in [2.05, 4.69) is 32.0 Å². The van der Waals surface area contributed by atoms with Gasteiger partial charge in [0.1, 0.15) is 0 Å². The highest BCUT2D eigenvalue weighted by atomic mass is 16.7. The maximum absolute atomic E-state index is 5.75. The van der Waals surface area contributed by atoms with Gasteiger partial charge in [0.2, 0.25) is 0 Å². The lowest BCUT2D eigenvalue weighted by Crippen LogP contribution is -2.22. The van der Waals surface area contributed by atoms with Gasteiger partial charge >= 0.3 is 0 Å². The van der Waals surface area contributed by atoms with E-state index in [1.165, 1.54) is 23.1 Å². The van der Waals surface area contributed by atoms with E-state index in [4.69, 9.17) is 9.47 Å². The van der Waals surface area contributed by atoms with Crippen molar-refractivity contribution in [2.45, 2.75) is 46.0 Å². The van der Waals surface area contributed by atoms with Crippen LogP contribution in [0.15, 0.2) is 12.1 Å². The molecule has 16 heavy (non-hydrogen) atoms. The van der Waals surface area contributed by atoms with Crippen LogP contribution in [-0.4, -0.2) is 12.9 Å². The van der Waals surface area contributed by atoms with Crippen molar-refractivity contribution in [2.75, 3.05) is 6.61 Å². The molecule has 1 aliphatic heterocycles. The molecule has 0 amide bonds. The van der Waals surface area contributed by atoms with Gasteiger partial charge in [-0.05, 0) is 55.9 Å². The van der Waals surface area contributed by atoms with E-state index in [-0.39, 0.29) is 6.29 Å². The lowest BCUT2D eigenvalue weighted by Gasteiger charge is -2.23. The summed E-state index contributed by atoms with van der Waals surface area (Å²) in [6, 6.07) is 7.50. The molecule has 0 saturated carbocycles. The van der Waals surface area contributed by atoms with Crippen LogP contribution in [0.2, 0.25) is 0 Å². The molecule has 1 heterocycles. The molecular weight excluding hydrogens is 200 g/mol. The Morgan fingerprint density at radius 2 is 2.25 bits per heavy atom. The van der Waals surface area contributed by atoms with Crippen LogP contribution >= 0.6 is 0 Å². The molecule has 1 unspecified atom stereocenters. The van der Waals surface area contributed by atoms with Gasteiger partial charge in [-0.2, -0.15) is 0 Å². The molecule has 1 aromatic carbocycles. The van der Waals surface area contributed by atoms with E-state index in [9.17, 15) is 0 Å². The zero-order valence-corrected chi connectivity index (χ0v) is 10.1. The first kappa shape index (κ1) is 11.6. The Labute approximate surface area is 97.6 Å². The average molecular weight is 219 g/mol. The summed E-state index contributed by atoms with van der Waals surface area (Å²) >= 11 is 0. The second kappa shape index (κ2) is 5.46. The van der Waals surface area contributed by atoms with Crippen LogP contribution in [0.25, 0.3) is 0 Å². The fourth-order valence-electron chi connectivity index (χ4n) is 1.95. The Hall–Kier alpha value is -0.860. The van der Waals surface area contributed by atoms with E-state index < -0.39 is 0 Å². The standard InChI is InChI=1S/C14H19O2/c1-11-6-7-13(12(2)9-11)10-16-14-5-3-4-8-15-14/h6-7,14H,3-5,8,10H2,1-2H3. The molecule has 2 rings (SSSR count). The highest BCUT2D eigenvalue weighted by Crippen LogP contribution is 2.17. The van der Waals surface area contributed by atoms with E-state index in [1.54, 1.807) is 0 Å². The number of hydrogen-bond acceptors (Lipinski definition) is 2. The van der Waals surface area contributed by atoms with E-state index in [0.29, 0.717) is 6.61 Å². The Morgan fingerprint density at radius 3 is 2.94 bits per heavy atom. The van der Waals surface area contributed by atoms with Crippen LogP contribution < -0.4 is 0 Å². The van der Waals surface area contributed by atoms with Crippen molar-refractivity contribution in [3.05, 3.63) is 34.9 Å². The smallest absolute Gasteiger partial charge is 0.158 e. The number of ether oxygens (including phenoxy) is 2. The van der Waals surface area contributed by atoms with Crippen molar-refractivity contribution in [2.24, 2.45) is 0 Å². The first-order valence-corrected chi connectivity index (χ1v) is 5.97. The largest absolute Gasteiger partial charge is 0.353 e. The van der Waals surface area contributed by atoms with E-state index >= 15 is 0 Å². The predicted molar refractivity (Wildman–Crippen MR) is 63.1 cm³/mol. The molecule has 0 aliphatic carbocycles. The molecule has 2 heteroatoms. The summed E-state index contributed by atoms with van der Waals surface area (Å²) in [6.45, 7) is 5.60. The molecular formula is C14H19O2. The molecule has 1 aromatic rings. The highest BCUT2D eigenvalue weighted by molar-refractivity contribution is 5.28. The van der Waals surface area contributed by atoms with E-state index in [0.717, 1.165) is 19.4 Å². The second-order valence-corrected chi connectivity index (χ2v) is 4.40. The van der Waals surface area contributed by atoms with Crippen LogP contribution in [0.5, 0.6) is 0 Å². The van der Waals surface area contributed by atoms with Gasteiger partial charge in [-0.3, -0.25) is 0 Å². The van der Waals surface area contributed by atoms with Crippen LogP contribution in [0.1, 0.15) is 36.0 Å². The van der Waals surface area contributed by atoms with Gasteiger partial charge in [-0.15, -0.1) is 0 Å². The predicted octanol–water partition coefficient (Wildman–Crippen LogP) is 3.15. The molecule has 0 aromatic heterocycles. The van der Waals surface area contributed by atoms with Gasteiger partial charge in [0.15, 0.2) is 6.29 Å². The number of aryl methyl sites for hydroxylation is 2. The third-order valence-corrected chi connectivity index (χ3v) is 2.96. The number of hydrogen-bond donors (Lipinski definition) is 0. The second-order valence-electron chi connectivity index (χ2n) is 4.40. The molecule has 2 nitrogen and oxygen atoms in total. The highest BCUT2D eigenvalue weighted by Gasteiger charge is 2.14. The van der Waals surface area contributed by atoms with Gasteiger partial charge < -0.3 is 9.47 Å². The van der Waals surface area contributed by atoms with Gasteiger partial charge in [0, 0.05) is 6.61 Å². The van der Waals surface area contributed by atoms with Crippen molar-refractivity contribution in [3.63, 3.8) is 0 Å². The SMILES string of the molecule is Cc1[c]c(C)c(COC2CCCCO2)cc1. The van der Waals surface area contributed by atoms with Crippen molar-refractivity contribution >= 4 is 0 Å². The molecule has 0 bridgehead atoms. The van der Waals surface area contributed by atoms with Gasteiger partial charge in [0.05, 0.1) is 6.61 Å². The Kier molecular flexibility index (Phi) is 3.97. The Morgan fingerprint density at radius 1 is 1.38 bits per heavy atom. The van der Waals surface area contributed by atoms with Crippen molar-refractivity contribution in [1.29, 1.82) is 0 Å². The summed E-state index contributed by atoms with van der Waals surface area (Å²) in [4.78, 5) is 0. The maximum atomic E-state index is 5.75. The summed E-state index contributed by atoms with van der Waals surface area (Å²) in [5, 5.41) is 0. The van der Waals surface area contributed by atoms with Gasteiger partial charge in [0.25, 0.3) is 0 Å². The molecule has 1 saturated heterocycles. The van der Waals surface area contributed by atoms with Crippen LogP contribution in [0.3, 0.4) is 0 Å². The number of benzene rings is 1. The lowest BCUT2D eigenvalue weighted by atomic mass is 10.1. The summed E-state index contributed by atoms with van der Waals surface area (Å²) in [7, 11) is 0. The van der Waals surface area contributed by atoms with Crippen molar-refractivity contribution in [1.82, 2.24) is 0 Å². The summed E-state index contributed by atoms with van der Waals surface area (Å²) < 4.78 is 11.3. The topological polar surface area (TPSA) is 18.5 Å². The zero-order valence-electron chi connectivity index (χ0n) is 10.1. The fourth-order valence-corrected chi connectivity index (χ4v) is 1.95. The van der Waals surface area contributed by atoms with Crippen LogP contribution in [0.4, 0.5) is 0 Å². The monoisotopic (exact) mass is 219 g/mol. The molecule has 1 radical (unpaired) electrons. The zero-order chi connectivity index (χ0) is 11.4. The van der Waals surface area contributed by atoms with Crippen LogP contribution in [0, 0.1) is 19.9 Å². The molecule has 1 aliphatic rings.